The second-order valence-electron chi connectivity index (χ2n) is 8.31. The van der Waals surface area contributed by atoms with Crippen molar-refractivity contribution >= 4 is 22.5 Å². The summed E-state index contributed by atoms with van der Waals surface area (Å²) in [5, 5.41) is 3.74. The lowest BCUT2D eigenvalue weighted by atomic mass is 9.89. The van der Waals surface area contributed by atoms with Crippen LogP contribution in [0.15, 0.2) is 36.5 Å². The van der Waals surface area contributed by atoms with E-state index < -0.39 is 0 Å². The average Bonchev–Trinajstić information content (AvgIpc) is 3.27. The molecule has 5 nitrogen and oxygen atoms in total. The van der Waals surface area contributed by atoms with Gasteiger partial charge in [-0.2, -0.15) is 0 Å². The van der Waals surface area contributed by atoms with Crippen LogP contribution >= 0.6 is 11.3 Å². The molecule has 0 radical (unpaired) electrons. The molecule has 0 saturated carbocycles. The maximum atomic E-state index is 13.0. The van der Waals surface area contributed by atoms with Gasteiger partial charge in [-0.3, -0.25) is 5.32 Å². The highest BCUT2D eigenvalue weighted by atomic mass is 32.1. The predicted octanol–water partition coefficient (Wildman–Crippen LogP) is 5.04. The van der Waals surface area contributed by atoms with Gasteiger partial charge in [0.25, 0.3) is 0 Å². The first-order chi connectivity index (χ1) is 13.0. The van der Waals surface area contributed by atoms with E-state index in [-0.39, 0.29) is 17.5 Å². The number of amides is 2. The Hall–Kier alpha value is -1.92. The van der Waals surface area contributed by atoms with E-state index >= 15 is 0 Å². The molecule has 1 aromatic carbocycles. The zero-order chi connectivity index (χ0) is 18.9. The molecule has 144 valence electrons. The van der Waals surface area contributed by atoms with E-state index in [1.54, 1.807) is 11.3 Å². The van der Waals surface area contributed by atoms with Gasteiger partial charge in [0.1, 0.15) is 0 Å². The van der Waals surface area contributed by atoms with E-state index in [2.05, 4.69) is 36.3 Å². The SMILES string of the molecule is CC1(C)CC(c2ccccc2)N(C(=O)Nc2ncc(C3CCOCC3)s2)C1. The molecule has 1 unspecified atom stereocenters. The fourth-order valence-electron chi connectivity index (χ4n) is 4.13. The molecule has 1 aromatic heterocycles. The molecule has 6 heteroatoms. The standard InChI is InChI=1S/C21H27N3O2S/c1-21(2)12-17(15-6-4-3-5-7-15)24(14-21)20(25)23-19-22-13-18(27-19)16-8-10-26-11-9-16/h3-7,13,16-17H,8-12,14H2,1-2H3,(H,22,23,25). The molecule has 2 aliphatic heterocycles. The smallest absolute Gasteiger partial charge is 0.324 e. The van der Waals surface area contributed by atoms with Gasteiger partial charge in [0.2, 0.25) is 0 Å². The van der Waals surface area contributed by atoms with E-state index in [4.69, 9.17) is 4.74 Å². The molecule has 27 heavy (non-hydrogen) atoms. The van der Waals surface area contributed by atoms with Crippen molar-refractivity contribution in [1.29, 1.82) is 0 Å². The van der Waals surface area contributed by atoms with Crippen LogP contribution in [0.2, 0.25) is 0 Å². The van der Waals surface area contributed by atoms with Crippen molar-refractivity contribution in [3.05, 3.63) is 47.0 Å². The van der Waals surface area contributed by atoms with Crippen LogP contribution in [0.25, 0.3) is 0 Å². The van der Waals surface area contributed by atoms with Gasteiger partial charge < -0.3 is 9.64 Å². The fraction of sp³-hybridized carbons (Fsp3) is 0.524. The van der Waals surface area contributed by atoms with Crippen molar-refractivity contribution in [3.8, 4) is 0 Å². The number of hydrogen-bond donors (Lipinski definition) is 1. The van der Waals surface area contributed by atoms with Gasteiger partial charge in [-0.1, -0.05) is 44.2 Å². The molecule has 2 fully saturated rings. The number of carbonyl (C=O) groups is 1. The molecule has 1 atom stereocenters. The molecule has 2 amide bonds. The lowest BCUT2D eigenvalue weighted by Gasteiger charge is -2.25. The Bertz CT molecular complexity index is 784. The van der Waals surface area contributed by atoms with Crippen LogP contribution in [0.5, 0.6) is 0 Å². The number of thiazole rings is 1. The third-order valence-corrected chi connectivity index (χ3v) is 6.60. The second-order valence-corrected chi connectivity index (χ2v) is 9.37. The summed E-state index contributed by atoms with van der Waals surface area (Å²) in [5.41, 5.74) is 1.30. The highest BCUT2D eigenvalue weighted by Crippen LogP contribution is 2.43. The molecule has 0 bridgehead atoms. The van der Waals surface area contributed by atoms with Crippen molar-refractivity contribution in [1.82, 2.24) is 9.88 Å². The molecule has 0 aliphatic carbocycles. The molecule has 2 aromatic rings. The Morgan fingerprint density at radius 3 is 2.74 bits per heavy atom. The maximum absolute atomic E-state index is 13.0. The maximum Gasteiger partial charge on any atom is 0.324 e. The van der Waals surface area contributed by atoms with Crippen LogP contribution in [0.3, 0.4) is 0 Å². The quantitative estimate of drug-likeness (QED) is 0.805. The van der Waals surface area contributed by atoms with Gasteiger partial charge in [-0.05, 0) is 36.2 Å². The zero-order valence-corrected chi connectivity index (χ0v) is 16.8. The molecular formula is C21H27N3O2S. The number of nitrogens with zero attached hydrogens (tertiary/aromatic N) is 2. The van der Waals surface area contributed by atoms with E-state index in [0.717, 1.165) is 39.0 Å². The summed E-state index contributed by atoms with van der Waals surface area (Å²) >= 11 is 1.60. The molecule has 3 heterocycles. The number of carbonyl (C=O) groups excluding carboxylic acids is 1. The molecule has 4 rings (SSSR count). The monoisotopic (exact) mass is 385 g/mol. The molecular weight excluding hydrogens is 358 g/mol. The van der Waals surface area contributed by atoms with Crippen LogP contribution in [0, 0.1) is 5.41 Å². The first-order valence-corrected chi connectivity index (χ1v) is 10.5. The van der Waals surface area contributed by atoms with Gasteiger partial charge in [-0.25, -0.2) is 9.78 Å². The normalized spacial score (nSPS) is 22.7. The summed E-state index contributed by atoms with van der Waals surface area (Å²) in [6.07, 6.45) is 4.95. The highest BCUT2D eigenvalue weighted by molar-refractivity contribution is 7.15. The second kappa shape index (κ2) is 7.60. The van der Waals surface area contributed by atoms with Crippen molar-refractivity contribution in [2.75, 3.05) is 25.1 Å². The summed E-state index contributed by atoms with van der Waals surface area (Å²) in [6.45, 7) is 6.82. The molecule has 2 saturated heterocycles. The highest BCUT2D eigenvalue weighted by Gasteiger charge is 2.40. The lowest BCUT2D eigenvalue weighted by molar-refractivity contribution is 0.0860. The van der Waals surface area contributed by atoms with Gasteiger partial charge in [0.05, 0.1) is 6.04 Å². The molecule has 0 spiro atoms. The van der Waals surface area contributed by atoms with Crippen molar-refractivity contribution in [2.24, 2.45) is 5.41 Å². The number of benzene rings is 1. The minimum atomic E-state index is -0.0534. The van der Waals surface area contributed by atoms with E-state index in [0.29, 0.717) is 11.0 Å². The molecule has 2 aliphatic rings. The number of nitrogens with one attached hydrogen (secondary N) is 1. The van der Waals surface area contributed by atoms with Gasteiger partial charge in [0, 0.05) is 30.8 Å². The first kappa shape index (κ1) is 18.4. The van der Waals surface area contributed by atoms with Crippen LogP contribution in [0.4, 0.5) is 9.93 Å². The topological polar surface area (TPSA) is 54.5 Å². The van der Waals surface area contributed by atoms with Gasteiger partial charge in [-0.15, -0.1) is 11.3 Å². The van der Waals surface area contributed by atoms with E-state index in [1.807, 2.05) is 29.3 Å². The average molecular weight is 386 g/mol. The number of rotatable bonds is 3. The number of ether oxygens (including phenoxy) is 1. The summed E-state index contributed by atoms with van der Waals surface area (Å²) in [7, 11) is 0. The Morgan fingerprint density at radius 2 is 2.00 bits per heavy atom. The minimum Gasteiger partial charge on any atom is -0.381 e. The lowest BCUT2D eigenvalue weighted by Crippen LogP contribution is -2.35. The van der Waals surface area contributed by atoms with Crippen LogP contribution in [-0.4, -0.2) is 35.7 Å². The summed E-state index contributed by atoms with van der Waals surface area (Å²) < 4.78 is 5.44. The Morgan fingerprint density at radius 1 is 1.26 bits per heavy atom. The number of likely N-dealkylation sites (tertiary alicyclic amines) is 1. The van der Waals surface area contributed by atoms with Crippen molar-refractivity contribution in [2.45, 2.75) is 45.1 Å². The Labute approximate surface area is 164 Å². The number of anilines is 1. The van der Waals surface area contributed by atoms with Crippen molar-refractivity contribution < 1.29 is 9.53 Å². The van der Waals surface area contributed by atoms with E-state index in [1.165, 1.54) is 10.4 Å². The zero-order valence-electron chi connectivity index (χ0n) is 16.0. The summed E-state index contributed by atoms with van der Waals surface area (Å²) in [6, 6.07) is 10.4. The Kier molecular flexibility index (Phi) is 5.19. The summed E-state index contributed by atoms with van der Waals surface area (Å²) in [4.78, 5) is 20.7. The molecule has 1 N–H and O–H groups in total. The first-order valence-electron chi connectivity index (χ1n) is 9.68. The number of hydrogen-bond acceptors (Lipinski definition) is 4. The third kappa shape index (κ3) is 4.17. The van der Waals surface area contributed by atoms with E-state index in [9.17, 15) is 4.79 Å². The van der Waals surface area contributed by atoms with Crippen LogP contribution < -0.4 is 5.32 Å². The Balaban J connectivity index is 1.47. The number of urea groups is 1. The number of aromatic nitrogens is 1. The van der Waals surface area contributed by atoms with Gasteiger partial charge >= 0.3 is 6.03 Å². The van der Waals surface area contributed by atoms with Crippen LogP contribution in [0.1, 0.15) is 55.5 Å². The predicted molar refractivity (Wildman–Crippen MR) is 108 cm³/mol. The fourth-order valence-corrected chi connectivity index (χ4v) is 5.11. The van der Waals surface area contributed by atoms with Gasteiger partial charge in [0.15, 0.2) is 5.13 Å². The minimum absolute atomic E-state index is 0.0534. The van der Waals surface area contributed by atoms with Crippen molar-refractivity contribution in [3.63, 3.8) is 0 Å². The van der Waals surface area contributed by atoms with Crippen LogP contribution in [-0.2, 0) is 4.74 Å². The third-order valence-electron chi connectivity index (χ3n) is 5.53. The summed E-state index contributed by atoms with van der Waals surface area (Å²) in [5.74, 6) is 0.504. The largest absolute Gasteiger partial charge is 0.381 e.